The summed E-state index contributed by atoms with van der Waals surface area (Å²) in [5.74, 6) is 0.112. The first-order valence-corrected chi connectivity index (χ1v) is 8.04. The van der Waals surface area contributed by atoms with Crippen LogP contribution in [0.1, 0.15) is 27.0 Å². The second-order valence-corrected chi connectivity index (χ2v) is 5.74. The molecule has 0 aliphatic heterocycles. The van der Waals surface area contributed by atoms with Crippen LogP contribution >= 0.6 is 11.6 Å². The molecule has 5 nitrogen and oxygen atoms in total. The molecule has 3 rings (SSSR count). The normalized spacial score (nSPS) is 12.3. The lowest BCUT2D eigenvalue weighted by Crippen LogP contribution is -2.18. The summed E-state index contributed by atoms with van der Waals surface area (Å²) in [6, 6.07) is 8.64. The molecule has 0 aromatic heterocycles. The number of fused-ring (bicyclic) bond motifs is 2. The van der Waals surface area contributed by atoms with E-state index in [9.17, 15) is 9.59 Å². The first kappa shape index (κ1) is 17.0. The number of rotatable bonds is 4. The highest BCUT2D eigenvalue weighted by Crippen LogP contribution is 2.43. The molecule has 2 aromatic carbocycles. The van der Waals surface area contributed by atoms with Gasteiger partial charge in [-0.2, -0.15) is 0 Å². The molecule has 1 amide bonds. The van der Waals surface area contributed by atoms with Gasteiger partial charge in [0, 0.05) is 11.8 Å². The highest BCUT2D eigenvalue weighted by molar-refractivity contribution is 6.29. The maximum Gasteiger partial charge on any atom is 0.239 e. The predicted molar refractivity (Wildman–Crippen MR) is 96.9 cm³/mol. The van der Waals surface area contributed by atoms with Crippen molar-refractivity contribution in [2.75, 3.05) is 25.4 Å². The number of amides is 1. The van der Waals surface area contributed by atoms with Crippen molar-refractivity contribution in [3.05, 3.63) is 59.2 Å². The van der Waals surface area contributed by atoms with Crippen LogP contribution in [0.25, 0.3) is 5.57 Å². The van der Waals surface area contributed by atoms with Crippen LogP contribution in [-0.4, -0.2) is 31.8 Å². The zero-order chi connectivity index (χ0) is 18.1. The zero-order valence-corrected chi connectivity index (χ0v) is 14.6. The quantitative estimate of drug-likeness (QED) is 0.726. The van der Waals surface area contributed by atoms with E-state index >= 15 is 0 Å². The van der Waals surface area contributed by atoms with Gasteiger partial charge in [-0.25, -0.2) is 0 Å². The predicted octanol–water partition coefficient (Wildman–Crippen LogP) is 3.49. The third kappa shape index (κ3) is 2.76. The van der Waals surface area contributed by atoms with Crippen molar-refractivity contribution < 1.29 is 19.1 Å². The summed E-state index contributed by atoms with van der Waals surface area (Å²) < 4.78 is 10.7. The summed E-state index contributed by atoms with van der Waals surface area (Å²) >= 11 is 5.54. The first-order valence-electron chi connectivity index (χ1n) is 7.51. The molecule has 0 saturated carbocycles. The van der Waals surface area contributed by atoms with Crippen molar-refractivity contribution in [3.8, 4) is 11.5 Å². The van der Waals surface area contributed by atoms with Gasteiger partial charge in [-0.15, -0.1) is 11.6 Å². The number of alkyl halides is 1. The number of benzene rings is 2. The summed E-state index contributed by atoms with van der Waals surface area (Å²) in [6.07, 6.45) is 0. The Balaban J connectivity index is 2.22. The maximum atomic E-state index is 13.1. The minimum absolute atomic E-state index is 0.167. The van der Waals surface area contributed by atoms with Crippen LogP contribution in [0.2, 0.25) is 0 Å². The number of carbonyl (C=O) groups excluding carboxylic acids is 2. The number of anilines is 1. The van der Waals surface area contributed by atoms with Crippen molar-refractivity contribution in [1.82, 2.24) is 0 Å². The highest BCUT2D eigenvalue weighted by atomic mass is 35.5. The van der Waals surface area contributed by atoms with Gasteiger partial charge in [-0.3, -0.25) is 9.59 Å². The van der Waals surface area contributed by atoms with Gasteiger partial charge in [0.05, 0.1) is 25.3 Å². The molecule has 0 heterocycles. The van der Waals surface area contributed by atoms with E-state index in [1.54, 1.807) is 24.3 Å². The minimum atomic E-state index is -0.349. The number of hydrogen-bond donors (Lipinski definition) is 1. The number of hydrogen-bond acceptors (Lipinski definition) is 4. The molecular weight excluding hydrogens is 342 g/mol. The zero-order valence-electron chi connectivity index (χ0n) is 13.8. The molecule has 25 heavy (non-hydrogen) atoms. The van der Waals surface area contributed by atoms with Gasteiger partial charge >= 0.3 is 0 Å². The smallest absolute Gasteiger partial charge is 0.239 e. The van der Waals surface area contributed by atoms with Crippen LogP contribution in [-0.2, 0) is 4.79 Å². The molecule has 0 atom stereocenters. The van der Waals surface area contributed by atoms with E-state index in [2.05, 4.69) is 11.9 Å². The van der Waals surface area contributed by atoms with E-state index < -0.39 is 0 Å². The van der Waals surface area contributed by atoms with Crippen molar-refractivity contribution in [1.29, 1.82) is 0 Å². The summed E-state index contributed by atoms with van der Waals surface area (Å²) in [5, 5.41) is 2.67. The molecule has 0 saturated heterocycles. The lowest BCUT2D eigenvalue weighted by atomic mass is 9.81. The van der Waals surface area contributed by atoms with Gasteiger partial charge < -0.3 is 14.8 Å². The first-order chi connectivity index (χ1) is 12.0. The van der Waals surface area contributed by atoms with Crippen LogP contribution < -0.4 is 14.8 Å². The van der Waals surface area contributed by atoms with Crippen molar-refractivity contribution in [2.45, 2.75) is 0 Å². The van der Waals surface area contributed by atoms with E-state index in [0.717, 1.165) is 0 Å². The van der Waals surface area contributed by atoms with Gasteiger partial charge in [0.15, 0.2) is 0 Å². The van der Waals surface area contributed by atoms with Crippen LogP contribution in [0, 0.1) is 0 Å². The Hall–Kier alpha value is -2.79. The van der Waals surface area contributed by atoms with Gasteiger partial charge in [0.1, 0.15) is 17.4 Å². The molecule has 1 N–H and O–H groups in total. The molecular formula is C19H16ClNO4. The van der Waals surface area contributed by atoms with Crippen LogP contribution in [0.4, 0.5) is 5.69 Å². The maximum absolute atomic E-state index is 13.1. The number of methoxy groups -OCH3 is 2. The fourth-order valence-corrected chi connectivity index (χ4v) is 3.04. The fraction of sp³-hybridized carbons (Fsp3) is 0.158. The molecule has 0 fully saturated rings. The third-order valence-corrected chi connectivity index (χ3v) is 4.32. The largest absolute Gasteiger partial charge is 0.496 e. The number of ether oxygens (including phenoxy) is 2. The Bertz CT molecular complexity index is 905. The third-order valence-electron chi connectivity index (χ3n) is 4.08. The second kappa shape index (κ2) is 6.61. The Kier molecular flexibility index (Phi) is 4.51. The van der Waals surface area contributed by atoms with E-state index in [-0.39, 0.29) is 17.6 Å². The Morgan fingerprint density at radius 2 is 1.80 bits per heavy atom. The molecule has 0 spiro atoms. The number of halogens is 1. The molecule has 0 radical (unpaired) electrons. The molecule has 1 aliphatic rings. The standard InChI is InChI=1S/C19H16ClNO4/c1-10-12-5-4-6-14(24-2)17(12)19(23)18-13(10)7-11(8-15(18)25-3)21-16(22)9-20/h4-8H,1,9H2,2-3H3,(H,21,22). The van der Waals surface area contributed by atoms with Gasteiger partial charge in [0.2, 0.25) is 11.7 Å². The van der Waals surface area contributed by atoms with Gasteiger partial charge in [0.25, 0.3) is 0 Å². The van der Waals surface area contributed by atoms with Crippen molar-refractivity contribution in [2.24, 2.45) is 0 Å². The molecule has 1 aliphatic carbocycles. The number of carbonyl (C=O) groups is 2. The Labute approximate surface area is 150 Å². The number of nitrogens with one attached hydrogen (secondary N) is 1. The van der Waals surface area contributed by atoms with E-state index in [1.165, 1.54) is 14.2 Å². The average Bonchev–Trinajstić information content (AvgIpc) is 2.64. The van der Waals surface area contributed by atoms with Crippen LogP contribution in [0.3, 0.4) is 0 Å². The average molecular weight is 358 g/mol. The summed E-state index contributed by atoms with van der Waals surface area (Å²) in [5.41, 5.74) is 3.30. The summed E-state index contributed by atoms with van der Waals surface area (Å²) in [4.78, 5) is 24.7. The Morgan fingerprint density at radius 3 is 2.44 bits per heavy atom. The summed E-state index contributed by atoms with van der Waals surface area (Å²) in [6.45, 7) is 4.12. The molecule has 2 aromatic rings. The van der Waals surface area contributed by atoms with Crippen LogP contribution in [0.5, 0.6) is 11.5 Å². The SMILES string of the molecule is C=C1c2cccc(OC)c2C(=O)c2c(OC)cc(NC(=O)CCl)cc21. The second-order valence-electron chi connectivity index (χ2n) is 5.47. The van der Waals surface area contributed by atoms with E-state index in [4.69, 9.17) is 21.1 Å². The van der Waals surface area contributed by atoms with E-state index in [0.29, 0.717) is 45.0 Å². The van der Waals surface area contributed by atoms with E-state index in [1.807, 2.05) is 6.07 Å². The molecule has 0 bridgehead atoms. The molecule has 0 unspecified atom stereocenters. The highest BCUT2D eigenvalue weighted by Gasteiger charge is 2.32. The Morgan fingerprint density at radius 1 is 1.12 bits per heavy atom. The monoisotopic (exact) mass is 357 g/mol. The topological polar surface area (TPSA) is 64.6 Å². The van der Waals surface area contributed by atoms with Gasteiger partial charge in [-0.1, -0.05) is 18.7 Å². The number of ketones is 1. The lowest BCUT2D eigenvalue weighted by Gasteiger charge is -2.25. The minimum Gasteiger partial charge on any atom is -0.496 e. The fourth-order valence-electron chi connectivity index (χ4n) is 2.97. The summed E-state index contributed by atoms with van der Waals surface area (Å²) in [7, 11) is 2.99. The molecule has 6 heteroatoms. The van der Waals surface area contributed by atoms with Crippen molar-refractivity contribution in [3.63, 3.8) is 0 Å². The van der Waals surface area contributed by atoms with Crippen LogP contribution in [0.15, 0.2) is 36.9 Å². The van der Waals surface area contributed by atoms with Gasteiger partial charge in [-0.05, 0) is 28.8 Å². The lowest BCUT2D eigenvalue weighted by molar-refractivity contribution is -0.113. The molecule has 128 valence electrons. The van der Waals surface area contributed by atoms with Crippen molar-refractivity contribution >= 4 is 34.6 Å².